The highest BCUT2D eigenvalue weighted by Gasteiger charge is 2.02. The molecule has 0 aromatic carbocycles. The zero-order valence-corrected chi connectivity index (χ0v) is 6.14. The molecule has 0 bridgehead atoms. The topological polar surface area (TPSA) is 77.8 Å². The van der Waals surface area contributed by atoms with Crippen molar-refractivity contribution in [2.45, 2.75) is 0 Å². The second-order valence-corrected chi connectivity index (χ2v) is 2.18. The van der Waals surface area contributed by atoms with Gasteiger partial charge in [0.2, 0.25) is 5.89 Å². The van der Waals surface area contributed by atoms with Crippen LogP contribution in [0, 0.1) is 0 Å². The molecule has 0 aliphatic heterocycles. The summed E-state index contributed by atoms with van der Waals surface area (Å²) in [5.74, 6) is 0.827. The molecule has 0 saturated heterocycles. The van der Waals surface area contributed by atoms with Gasteiger partial charge >= 0.3 is 0 Å². The molecular weight excluding hydrogens is 156 g/mol. The summed E-state index contributed by atoms with van der Waals surface area (Å²) in [5.41, 5.74) is 5.93. The molecule has 0 unspecified atom stereocenters. The number of hydrogen-bond donors (Lipinski definition) is 1. The van der Waals surface area contributed by atoms with Gasteiger partial charge in [-0.2, -0.15) is 0 Å². The molecule has 2 heterocycles. The van der Waals surface area contributed by atoms with E-state index in [9.17, 15) is 0 Å². The van der Waals surface area contributed by atoms with E-state index >= 15 is 0 Å². The third kappa shape index (κ3) is 1.12. The minimum absolute atomic E-state index is 0.380. The van der Waals surface area contributed by atoms with Crippen LogP contribution in [0.5, 0.6) is 0 Å². The monoisotopic (exact) mass is 162 g/mol. The standard InChI is InChI=1S/C7H6N4O/c8-6-2-1-5(10-11-6)7-9-3-4-12-7/h1-4H,(H2,8,11). The Morgan fingerprint density at radius 1 is 1.25 bits per heavy atom. The molecule has 2 N–H and O–H groups in total. The summed E-state index contributed by atoms with van der Waals surface area (Å²) >= 11 is 0. The van der Waals surface area contributed by atoms with Gasteiger partial charge in [-0.15, -0.1) is 10.2 Å². The maximum atomic E-state index is 5.36. The third-order valence-corrected chi connectivity index (χ3v) is 1.34. The number of nitrogens with two attached hydrogens (primary N) is 1. The Balaban J connectivity index is 2.43. The van der Waals surface area contributed by atoms with Crippen molar-refractivity contribution in [2.24, 2.45) is 0 Å². The number of rotatable bonds is 1. The van der Waals surface area contributed by atoms with E-state index in [4.69, 9.17) is 10.2 Å². The van der Waals surface area contributed by atoms with E-state index in [0.29, 0.717) is 17.4 Å². The Bertz CT molecular complexity index is 353. The third-order valence-electron chi connectivity index (χ3n) is 1.34. The molecule has 0 spiro atoms. The minimum atomic E-state index is 0.380. The molecule has 0 aliphatic carbocycles. The maximum Gasteiger partial charge on any atom is 0.246 e. The second-order valence-electron chi connectivity index (χ2n) is 2.18. The number of nitrogens with zero attached hydrogens (tertiary/aromatic N) is 3. The second kappa shape index (κ2) is 2.61. The minimum Gasteiger partial charge on any atom is -0.443 e. The van der Waals surface area contributed by atoms with Gasteiger partial charge in [0.15, 0.2) is 0 Å². The fourth-order valence-corrected chi connectivity index (χ4v) is 0.807. The van der Waals surface area contributed by atoms with Crippen LogP contribution in [-0.4, -0.2) is 15.2 Å². The van der Waals surface area contributed by atoms with E-state index in [1.54, 1.807) is 18.3 Å². The highest BCUT2D eigenvalue weighted by Crippen LogP contribution is 2.12. The Morgan fingerprint density at radius 2 is 2.17 bits per heavy atom. The van der Waals surface area contributed by atoms with Crippen LogP contribution in [0.2, 0.25) is 0 Å². The molecule has 0 atom stereocenters. The average molecular weight is 162 g/mol. The van der Waals surface area contributed by atoms with Crippen LogP contribution in [0.3, 0.4) is 0 Å². The summed E-state index contributed by atoms with van der Waals surface area (Å²) in [7, 11) is 0. The molecular formula is C7H6N4O. The zero-order chi connectivity index (χ0) is 8.39. The van der Waals surface area contributed by atoms with Gasteiger partial charge in [0, 0.05) is 0 Å². The first-order valence-corrected chi connectivity index (χ1v) is 3.35. The van der Waals surface area contributed by atoms with Gasteiger partial charge in [-0.25, -0.2) is 4.98 Å². The van der Waals surface area contributed by atoms with Crippen molar-refractivity contribution in [2.75, 3.05) is 5.73 Å². The van der Waals surface area contributed by atoms with Crippen LogP contribution in [-0.2, 0) is 0 Å². The van der Waals surface area contributed by atoms with Crippen molar-refractivity contribution in [1.29, 1.82) is 0 Å². The van der Waals surface area contributed by atoms with Crippen molar-refractivity contribution in [1.82, 2.24) is 15.2 Å². The van der Waals surface area contributed by atoms with E-state index in [2.05, 4.69) is 15.2 Å². The summed E-state index contributed by atoms with van der Waals surface area (Å²) in [5, 5.41) is 7.45. The fraction of sp³-hybridized carbons (Fsp3) is 0. The Kier molecular flexibility index (Phi) is 1.48. The quantitative estimate of drug-likeness (QED) is 0.668. The van der Waals surface area contributed by atoms with Gasteiger partial charge in [-0.3, -0.25) is 0 Å². The lowest BCUT2D eigenvalue weighted by molar-refractivity contribution is 0.571. The van der Waals surface area contributed by atoms with Crippen molar-refractivity contribution in [3.63, 3.8) is 0 Å². The first-order chi connectivity index (χ1) is 5.86. The van der Waals surface area contributed by atoms with E-state index in [1.807, 2.05) is 0 Å². The predicted molar refractivity (Wildman–Crippen MR) is 41.9 cm³/mol. The summed E-state index contributed by atoms with van der Waals surface area (Å²) in [6, 6.07) is 3.35. The number of hydrogen-bond acceptors (Lipinski definition) is 5. The van der Waals surface area contributed by atoms with Crippen LogP contribution in [0.25, 0.3) is 11.6 Å². The average Bonchev–Trinajstić information content (AvgIpc) is 2.58. The molecule has 12 heavy (non-hydrogen) atoms. The molecule has 0 radical (unpaired) electrons. The van der Waals surface area contributed by atoms with Crippen LogP contribution < -0.4 is 5.73 Å². The molecule has 0 fully saturated rings. The lowest BCUT2D eigenvalue weighted by atomic mass is 10.4. The van der Waals surface area contributed by atoms with Gasteiger partial charge < -0.3 is 10.2 Å². The highest BCUT2D eigenvalue weighted by molar-refractivity contribution is 5.47. The largest absolute Gasteiger partial charge is 0.443 e. The maximum absolute atomic E-state index is 5.36. The number of nitrogen functional groups attached to an aromatic ring is 1. The van der Waals surface area contributed by atoms with Crippen molar-refractivity contribution < 1.29 is 4.42 Å². The number of anilines is 1. The SMILES string of the molecule is Nc1ccc(-c2ncco2)nn1. The van der Waals surface area contributed by atoms with Crippen LogP contribution >= 0.6 is 0 Å². The summed E-state index contributed by atoms with van der Waals surface area (Å²) < 4.78 is 5.00. The van der Waals surface area contributed by atoms with E-state index < -0.39 is 0 Å². The molecule has 0 saturated carbocycles. The van der Waals surface area contributed by atoms with Gasteiger partial charge in [0.05, 0.1) is 6.20 Å². The molecule has 2 aromatic rings. The normalized spacial score (nSPS) is 10.0. The smallest absolute Gasteiger partial charge is 0.246 e. The number of aromatic nitrogens is 3. The zero-order valence-electron chi connectivity index (χ0n) is 6.14. The van der Waals surface area contributed by atoms with Crippen molar-refractivity contribution in [3.8, 4) is 11.6 Å². The molecule has 2 rings (SSSR count). The van der Waals surface area contributed by atoms with Gasteiger partial charge in [0.1, 0.15) is 17.8 Å². The molecule has 0 aliphatic rings. The van der Waals surface area contributed by atoms with Gasteiger partial charge in [-0.1, -0.05) is 0 Å². The lowest BCUT2D eigenvalue weighted by Gasteiger charge is -1.92. The highest BCUT2D eigenvalue weighted by atomic mass is 16.3. The van der Waals surface area contributed by atoms with E-state index in [1.165, 1.54) is 6.26 Å². The molecule has 2 aromatic heterocycles. The van der Waals surface area contributed by atoms with Crippen molar-refractivity contribution in [3.05, 3.63) is 24.6 Å². The summed E-state index contributed by atoms with van der Waals surface area (Å²) in [4.78, 5) is 3.91. The Hall–Kier alpha value is -1.91. The number of oxazole rings is 1. The first-order valence-electron chi connectivity index (χ1n) is 3.35. The van der Waals surface area contributed by atoms with E-state index in [-0.39, 0.29) is 0 Å². The summed E-state index contributed by atoms with van der Waals surface area (Å²) in [6.07, 6.45) is 3.03. The van der Waals surface area contributed by atoms with Gasteiger partial charge in [-0.05, 0) is 12.1 Å². The van der Waals surface area contributed by atoms with Crippen LogP contribution in [0.1, 0.15) is 0 Å². The molecule has 5 heteroatoms. The van der Waals surface area contributed by atoms with Crippen molar-refractivity contribution >= 4 is 5.82 Å². The van der Waals surface area contributed by atoms with Crippen LogP contribution in [0.4, 0.5) is 5.82 Å². The van der Waals surface area contributed by atoms with Gasteiger partial charge in [0.25, 0.3) is 0 Å². The van der Waals surface area contributed by atoms with E-state index in [0.717, 1.165) is 0 Å². The van der Waals surface area contributed by atoms with Crippen LogP contribution in [0.15, 0.2) is 29.0 Å². The fourth-order valence-electron chi connectivity index (χ4n) is 0.807. The Morgan fingerprint density at radius 3 is 2.75 bits per heavy atom. The predicted octanol–water partition coefficient (Wildman–Crippen LogP) is 0.714. The summed E-state index contributed by atoms with van der Waals surface area (Å²) in [6.45, 7) is 0. The lowest BCUT2D eigenvalue weighted by Crippen LogP contribution is -1.93. The molecule has 60 valence electrons. The molecule has 5 nitrogen and oxygen atoms in total. The molecule has 0 amide bonds. The Labute approximate surface area is 68.3 Å². The first kappa shape index (κ1) is 6.78.